The zero-order valence-electron chi connectivity index (χ0n) is 10.7. The summed E-state index contributed by atoms with van der Waals surface area (Å²) in [5, 5.41) is -0.844. The minimum atomic E-state index is -4.10. The van der Waals surface area contributed by atoms with Crippen molar-refractivity contribution in [1.82, 2.24) is 4.98 Å². The molecule has 2 aromatic rings. The van der Waals surface area contributed by atoms with Crippen molar-refractivity contribution >= 4 is 44.7 Å². The van der Waals surface area contributed by atoms with Crippen LogP contribution in [0.2, 0.25) is 10.0 Å². The molecule has 0 fully saturated rings. The number of pyridine rings is 1. The normalized spacial score (nSPS) is 11.4. The Bertz CT molecular complexity index is 812. The number of nitrogens with one attached hydrogen (secondary N) is 1. The van der Waals surface area contributed by atoms with Gasteiger partial charge in [0.05, 0.1) is 21.9 Å². The van der Waals surface area contributed by atoms with Crippen molar-refractivity contribution in [1.29, 1.82) is 0 Å². The molecule has 0 radical (unpaired) electrons. The highest BCUT2D eigenvalue weighted by molar-refractivity contribution is 7.92. The van der Waals surface area contributed by atoms with E-state index in [1.54, 1.807) is 13.0 Å². The highest BCUT2D eigenvalue weighted by atomic mass is 35.5. The van der Waals surface area contributed by atoms with Crippen molar-refractivity contribution in [2.75, 3.05) is 10.5 Å². The van der Waals surface area contributed by atoms with E-state index in [1.807, 2.05) is 0 Å². The Morgan fingerprint density at radius 1 is 1.33 bits per heavy atom. The molecule has 0 unspecified atom stereocenters. The van der Waals surface area contributed by atoms with Gasteiger partial charge in [-0.15, -0.1) is 0 Å². The minimum Gasteiger partial charge on any atom is -0.397 e. The van der Waals surface area contributed by atoms with Crippen LogP contribution in [0, 0.1) is 12.7 Å². The van der Waals surface area contributed by atoms with Crippen LogP contribution in [0.25, 0.3) is 0 Å². The lowest BCUT2D eigenvalue weighted by atomic mass is 10.3. The van der Waals surface area contributed by atoms with E-state index in [2.05, 4.69) is 9.71 Å². The van der Waals surface area contributed by atoms with Crippen molar-refractivity contribution in [2.45, 2.75) is 11.8 Å². The van der Waals surface area contributed by atoms with E-state index >= 15 is 0 Å². The molecular formula is C12H10Cl2FN3O2S. The third-order valence-corrected chi connectivity index (χ3v) is 4.77. The van der Waals surface area contributed by atoms with Gasteiger partial charge in [0.25, 0.3) is 10.0 Å². The Morgan fingerprint density at radius 3 is 2.62 bits per heavy atom. The second-order valence-electron chi connectivity index (χ2n) is 4.21. The maximum Gasteiger partial charge on any atom is 0.264 e. The van der Waals surface area contributed by atoms with Gasteiger partial charge in [0.15, 0.2) is 5.82 Å². The van der Waals surface area contributed by atoms with Crippen molar-refractivity contribution in [2.24, 2.45) is 0 Å². The van der Waals surface area contributed by atoms with Crippen LogP contribution < -0.4 is 10.5 Å². The molecule has 2 rings (SSSR count). The monoisotopic (exact) mass is 349 g/mol. The molecule has 5 nitrogen and oxygen atoms in total. The number of rotatable bonds is 3. The Hall–Kier alpha value is -1.57. The molecule has 0 amide bonds. The Kier molecular flexibility index (Phi) is 4.27. The number of hydrogen-bond acceptors (Lipinski definition) is 4. The molecule has 1 aromatic carbocycles. The largest absolute Gasteiger partial charge is 0.397 e. The second-order valence-corrected chi connectivity index (χ2v) is 6.65. The first-order valence-corrected chi connectivity index (χ1v) is 7.84. The maximum absolute atomic E-state index is 13.6. The molecule has 0 saturated heterocycles. The van der Waals surface area contributed by atoms with Gasteiger partial charge >= 0.3 is 0 Å². The molecule has 0 saturated carbocycles. The van der Waals surface area contributed by atoms with Crippen molar-refractivity contribution in [3.05, 3.63) is 45.8 Å². The van der Waals surface area contributed by atoms with Crippen LogP contribution in [0.4, 0.5) is 15.9 Å². The van der Waals surface area contributed by atoms with Crippen LogP contribution in [-0.4, -0.2) is 13.4 Å². The number of nitrogen functional groups attached to an aromatic ring is 1. The van der Waals surface area contributed by atoms with Gasteiger partial charge in [0.1, 0.15) is 10.7 Å². The van der Waals surface area contributed by atoms with Crippen LogP contribution in [0.1, 0.15) is 5.56 Å². The molecule has 21 heavy (non-hydrogen) atoms. The number of nitrogens with two attached hydrogens (primary N) is 1. The fourth-order valence-electron chi connectivity index (χ4n) is 1.60. The minimum absolute atomic E-state index is 0.0793. The first-order valence-electron chi connectivity index (χ1n) is 5.61. The van der Waals surface area contributed by atoms with Gasteiger partial charge in [-0.05, 0) is 30.7 Å². The molecule has 0 bridgehead atoms. The molecule has 0 aliphatic heterocycles. The summed E-state index contributed by atoms with van der Waals surface area (Å²) >= 11 is 11.2. The van der Waals surface area contributed by atoms with Crippen LogP contribution in [0.5, 0.6) is 0 Å². The third-order valence-electron chi connectivity index (χ3n) is 2.62. The van der Waals surface area contributed by atoms with E-state index in [9.17, 15) is 12.8 Å². The van der Waals surface area contributed by atoms with E-state index in [0.29, 0.717) is 11.3 Å². The standard InChI is InChI=1S/C12H10Cl2FN3O2S/c1-6-4-7(16)5-17-12(6)18-21(19,20)9-3-2-8(13)11(15)10(9)14/h2-5H,16H2,1H3,(H,17,18). The number of aromatic nitrogens is 1. The van der Waals surface area contributed by atoms with Gasteiger partial charge in [-0.2, -0.15) is 0 Å². The van der Waals surface area contributed by atoms with E-state index < -0.39 is 25.8 Å². The molecule has 0 aliphatic rings. The average molecular weight is 350 g/mol. The first-order chi connectivity index (χ1) is 9.72. The summed E-state index contributed by atoms with van der Waals surface area (Å²) in [6, 6.07) is 3.78. The highest BCUT2D eigenvalue weighted by Gasteiger charge is 2.23. The average Bonchev–Trinajstić information content (AvgIpc) is 2.39. The molecule has 112 valence electrons. The molecule has 1 heterocycles. The lowest BCUT2D eigenvalue weighted by Crippen LogP contribution is -2.16. The molecule has 0 atom stereocenters. The number of nitrogens with zero attached hydrogens (tertiary/aromatic N) is 1. The van der Waals surface area contributed by atoms with Gasteiger partial charge in [0, 0.05) is 0 Å². The highest BCUT2D eigenvalue weighted by Crippen LogP contribution is 2.30. The predicted octanol–water partition coefficient (Wildman–Crippen LogP) is 3.22. The molecule has 3 N–H and O–H groups in total. The Morgan fingerprint density at radius 2 is 2.00 bits per heavy atom. The van der Waals surface area contributed by atoms with Gasteiger partial charge < -0.3 is 5.73 Å². The summed E-state index contributed by atoms with van der Waals surface area (Å²) in [7, 11) is -4.10. The predicted molar refractivity (Wildman–Crippen MR) is 80.6 cm³/mol. The number of hydrogen-bond donors (Lipinski definition) is 2. The summed E-state index contributed by atoms with van der Waals surface area (Å²) in [6.45, 7) is 1.63. The maximum atomic E-state index is 13.6. The molecular weight excluding hydrogens is 340 g/mol. The summed E-state index contributed by atoms with van der Waals surface area (Å²) in [4.78, 5) is 3.45. The first kappa shape index (κ1) is 15.8. The summed E-state index contributed by atoms with van der Waals surface area (Å²) < 4.78 is 40.3. The number of halogens is 3. The van der Waals surface area contributed by atoms with Crippen LogP contribution in [0.3, 0.4) is 0 Å². The van der Waals surface area contributed by atoms with Crippen LogP contribution >= 0.6 is 23.2 Å². The molecule has 0 aliphatic carbocycles. The lowest BCUT2D eigenvalue weighted by Gasteiger charge is -2.11. The summed E-state index contributed by atoms with van der Waals surface area (Å²) in [5.74, 6) is -0.918. The fourth-order valence-corrected chi connectivity index (χ4v) is 3.43. The van der Waals surface area contributed by atoms with Crippen LogP contribution in [0.15, 0.2) is 29.3 Å². The summed E-state index contributed by atoms with van der Waals surface area (Å²) in [5.41, 5.74) is 6.45. The van der Waals surface area contributed by atoms with Crippen molar-refractivity contribution in [3.63, 3.8) is 0 Å². The summed E-state index contributed by atoms with van der Waals surface area (Å²) in [6.07, 6.45) is 1.30. The van der Waals surface area contributed by atoms with E-state index in [4.69, 9.17) is 28.9 Å². The van der Waals surface area contributed by atoms with E-state index in [0.717, 1.165) is 12.1 Å². The Labute approximate surface area is 130 Å². The number of anilines is 2. The van der Waals surface area contributed by atoms with Gasteiger partial charge in [-0.25, -0.2) is 17.8 Å². The van der Waals surface area contributed by atoms with E-state index in [-0.39, 0.29) is 10.8 Å². The quantitative estimate of drug-likeness (QED) is 0.833. The topological polar surface area (TPSA) is 85.1 Å². The zero-order valence-corrected chi connectivity index (χ0v) is 13.0. The third kappa shape index (κ3) is 3.20. The van der Waals surface area contributed by atoms with Crippen molar-refractivity contribution in [3.8, 4) is 0 Å². The van der Waals surface area contributed by atoms with Crippen LogP contribution in [-0.2, 0) is 10.0 Å². The Balaban J connectivity index is 2.46. The zero-order chi connectivity index (χ0) is 15.8. The number of sulfonamides is 1. The SMILES string of the molecule is Cc1cc(N)cnc1NS(=O)(=O)c1ccc(Cl)c(F)c1Cl. The smallest absolute Gasteiger partial charge is 0.264 e. The fraction of sp³-hybridized carbons (Fsp3) is 0.0833. The molecule has 1 aromatic heterocycles. The lowest BCUT2D eigenvalue weighted by molar-refractivity contribution is 0.595. The van der Waals surface area contributed by atoms with E-state index in [1.165, 1.54) is 6.20 Å². The molecule has 0 spiro atoms. The van der Waals surface area contributed by atoms with Gasteiger partial charge in [-0.3, -0.25) is 4.72 Å². The molecule has 9 heteroatoms. The van der Waals surface area contributed by atoms with Gasteiger partial charge in [-0.1, -0.05) is 23.2 Å². The second kappa shape index (κ2) is 5.67. The number of aryl methyl sites for hydroxylation is 1. The number of benzene rings is 1. The van der Waals surface area contributed by atoms with Gasteiger partial charge in [0.2, 0.25) is 0 Å². The van der Waals surface area contributed by atoms with Crippen molar-refractivity contribution < 1.29 is 12.8 Å².